The van der Waals surface area contributed by atoms with Gasteiger partial charge < -0.3 is 4.90 Å². The number of halogens is 2. The van der Waals surface area contributed by atoms with E-state index in [1.165, 1.54) is 17.0 Å². The van der Waals surface area contributed by atoms with E-state index in [-0.39, 0.29) is 23.0 Å². The molecule has 0 saturated heterocycles. The van der Waals surface area contributed by atoms with Crippen LogP contribution in [0, 0.1) is 17.1 Å². The Morgan fingerprint density at radius 3 is 2.57 bits per heavy atom. The number of para-hydroxylation sites is 1. The summed E-state index contributed by atoms with van der Waals surface area (Å²) < 4.78 is 14.3. The highest BCUT2D eigenvalue weighted by Gasteiger charge is 2.21. The van der Waals surface area contributed by atoms with Crippen LogP contribution in [-0.4, -0.2) is 12.5 Å². The molecule has 0 aromatic heterocycles. The third kappa shape index (κ3) is 3.47. The molecule has 2 aromatic carbocycles. The van der Waals surface area contributed by atoms with Crippen LogP contribution >= 0.6 is 15.9 Å². The topological polar surface area (TPSA) is 44.1 Å². The van der Waals surface area contributed by atoms with E-state index >= 15 is 0 Å². The standard InChI is InChI=1S/C16H12BrFN2O/c17-14-9-4-8-13(15(14)18)16(21)20(11-5-10-19)12-6-2-1-3-7-12/h1-4,6-9H,5,11H2. The quantitative estimate of drug-likeness (QED) is 0.834. The molecule has 0 saturated carbocycles. The predicted octanol–water partition coefficient (Wildman–Crippen LogP) is 4.15. The van der Waals surface area contributed by atoms with Gasteiger partial charge in [-0.3, -0.25) is 4.79 Å². The summed E-state index contributed by atoms with van der Waals surface area (Å²) in [7, 11) is 0. The lowest BCUT2D eigenvalue weighted by atomic mass is 10.1. The Morgan fingerprint density at radius 1 is 1.19 bits per heavy atom. The number of rotatable bonds is 4. The normalized spacial score (nSPS) is 9.95. The molecule has 0 aliphatic carbocycles. The number of nitriles is 1. The second-order valence-electron chi connectivity index (χ2n) is 4.30. The molecule has 0 aliphatic heterocycles. The molecule has 3 nitrogen and oxygen atoms in total. The van der Waals surface area contributed by atoms with Gasteiger partial charge in [0, 0.05) is 12.2 Å². The summed E-state index contributed by atoms with van der Waals surface area (Å²) in [5.41, 5.74) is 0.614. The molecule has 106 valence electrons. The number of amides is 1. The predicted molar refractivity (Wildman–Crippen MR) is 82.4 cm³/mol. The number of carbonyl (C=O) groups is 1. The highest BCUT2D eigenvalue weighted by atomic mass is 79.9. The van der Waals surface area contributed by atoms with E-state index in [1.807, 2.05) is 12.1 Å². The largest absolute Gasteiger partial charge is 0.307 e. The average molecular weight is 347 g/mol. The molecule has 1 amide bonds. The van der Waals surface area contributed by atoms with Crippen molar-refractivity contribution in [2.24, 2.45) is 0 Å². The van der Waals surface area contributed by atoms with Gasteiger partial charge in [0.15, 0.2) is 0 Å². The van der Waals surface area contributed by atoms with Crippen LogP contribution in [0.15, 0.2) is 53.0 Å². The van der Waals surface area contributed by atoms with Crippen molar-refractivity contribution in [1.82, 2.24) is 0 Å². The molecule has 0 aliphatic rings. The Bertz CT molecular complexity index is 682. The highest BCUT2D eigenvalue weighted by Crippen LogP contribution is 2.23. The van der Waals surface area contributed by atoms with Gasteiger partial charge in [-0.2, -0.15) is 5.26 Å². The molecule has 0 bridgehead atoms. The van der Waals surface area contributed by atoms with Crippen molar-refractivity contribution in [2.45, 2.75) is 6.42 Å². The maximum Gasteiger partial charge on any atom is 0.261 e. The molecule has 2 aromatic rings. The SMILES string of the molecule is N#CCCN(C(=O)c1cccc(Br)c1F)c1ccccc1. The summed E-state index contributed by atoms with van der Waals surface area (Å²) in [5.74, 6) is -1.06. The van der Waals surface area contributed by atoms with E-state index in [1.54, 1.807) is 30.3 Å². The highest BCUT2D eigenvalue weighted by molar-refractivity contribution is 9.10. The van der Waals surface area contributed by atoms with Gasteiger partial charge in [0.2, 0.25) is 0 Å². The summed E-state index contributed by atoms with van der Waals surface area (Å²) in [6.45, 7) is 0.214. The zero-order valence-electron chi connectivity index (χ0n) is 11.1. The van der Waals surface area contributed by atoms with Crippen LogP contribution in [0.5, 0.6) is 0 Å². The number of carbonyl (C=O) groups excluding carboxylic acids is 1. The molecular weight excluding hydrogens is 335 g/mol. The summed E-state index contributed by atoms with van der Waals surface area (Å²) >= 11 is 3.07. The van der Waals surface area contributed by atoms with Crippen molar-refractivity contribution in [1.29, 1.82) is 5.26 Å². The second kappa shape index (κ2) is 7.00. The molecule has 0 fully saturated rings. The van der Waals surface area contributed by atoms with Crippen LogP contribution in [0.4, 0.5) is 10.1 Å². The first-order chi connectivity index (χ1) is 10.1. The van der Waals surface area contributed by atoms with E-state index in [0.717, 1.165) is 0 Å². The average Bonchev–Trinajstić information content (AvgIpc) is 2.51. The number of nitrogens with zero attached hydrogens (tertiary/aromatic N) is 2. The van der Waals surface area contributed by atoms with Gasteiger partial charge in [0.05, 0.1) is 22.5 Å². The van der Waals surface area contributed by atoms with Gasteiger partial charge in [-0.1, -0.05) is 24.3 Å². The fraction of sp³-hybridized carbons (Fsp3) is 0.125. The van der Waals surface area contributed by atoms with E-state index in [0.29, 0.717) is 5.69 Å². The van der Waals surface area contributed by atoms with Crippen LogP contribution in [-0.2, 0) is 0 Å². The lowest BCUT2D eigenvalue weighted by Crippen LogP contribution is -2.32. The Kier molecular flexibility index (Phi) is 5.07. The van der Waals surface area contributed by atoms with Crippen LogP contribution in [0.1, 0.15) is 16.8 Å². The minimum atomic E-state index is -0.597. The molecule has 2 rings (SSSR count). The first-order valence-corrected chi connectivity index (χ1v) is 7.12. The van der Waals surface area contributed by atoms with E-state index < -0.39 is 11.7 Å². The third-order valence-corrected chi connectivity index (χ3v) is 3.55. The van der Waals surface area contributed by atoms with Crippen molar-refractivity contribution in [3.05, 3.63) is 64.4 Å². The maximum absolute atomic E-state index is 14.1. The van der Waals surface area contributed by atoms with Crippen LogP contribution in [0.3, 0.4) is 0 Å². The second-order valence-corrected chi connectivity index (χ2v) is 5.16. The fourth-order valence-electron chi connectivity index (χ4n) is 1.93. The minimum absolute atomic E-state index is 0.0221. The summed E-state index contributed by atoms with van der Waals surface area (Å²) in [6.07, 6.45) is 0.177. The Labute approximate surface area is 130 Å². The summed E-state index contributed by atoms with van der Waals surface area (Å²) in [4.78, 5) is 14.0. The van der Waals surface area contributed by atoms with Crippen LogP contribution < -0.4 is 4.90 Å². The van der Waals surface area contributed by atoms with Crippen molar-refractivity contribution in [2.75, 3.05) is 11.4 Å². The first-order valence-electron chi connectivity index (χ1n) is 6.33. The Hall–Kier alpha value is -2.19. The maximum atomic E-state index is 14.1. The van der Waals surface area contributed by atoms with Crippen molar-refractivity contribution < 1.29 is 9.18 Å². The number of anilines is 1. The monoisotopic (exact) mass is 346 g/mol. The van der Waals surface area contributed by atoms with Crippen molar-refractivity contribution in [3.63, 3.8) is 0 Å². The fourth-order valence-corrected chi connectivity index (χ4v) is 2.30. The number of hydrogen-bond acceptors (Lipinski definition) is 2. The molecular formula is C16H12BrFN2O. The third-order valence-electron chi connectivity index (χ3n) is 2.94. The minimum Gasteiger partial charge on any atom is -0.307 e. The van der Waals surface area contributed by atoms with Gasteiger partial charge in [-0.05, 0) is 40.2 Å². The number of hydrogen-bond donors (Lipinski definition) is 0. The van der Waals surface area contributed by atoms with Crippen molar-refractivity contribution in [3.8, 4) is 6.07 Å². The summed E-state index contributed by atoms with van der Waals surface area (Å²) in [5, 5.41) is 8.74. The van der Waals surface area contributed by atoms with E-state index in [4.69, 9.17) is 5.26 Å². The molecule has 21 heavy (non-hydrogen) atoms. The van der Waals surface area contributed by atoms with Crippen molar-refractivity contribution >= 4 is 27.5 Å². The number of benzene rings is 2. The Balaban J connectivity index is 2.39. The lowest BCUT2D eigenvalue weighted by molar-refractivity contribution is 0.0983. The first kappa shape index (κ1) is 15.2. The van der Waals surface area contributed by atoms with Gasteiger partial charge in [-0.25, -0.2) is 4.39 Å². The molecule has 0 unspecified atom stereocenters. The molecule has 0 spiro atoms. The van der Waals surface area contributed by atoms with Gasteiger partial charge in [0.25, 0.3) is 5.91 Å². The van der Waals surface area contributed by atoms with E-state index in [2.05, 4.69) is 15.9 Å². The van der Waals surface area contributed by atoms with Gasteiger partial charge in [0.1, 0.15) is 5.82 Å². The summed E-state index contributed by atoms with van der Waals surface area (Å²) in [6, 6.07) is 15.5. The van der Waals surface area contributed by atoms with E-state index in [9.17, 15) is 9.18 Å². The lowest BCUT2D eigenvalue weighted by Gasteiger charge is -2.22. The zero-order chi connectivity index (χ0) is 15.2. The molecule has 0 heterocycles. The van der Waals surface area contributed by atoms with Gasteiger partial charge >= 0.3 is 0 Å². The smallest absolute Gasteiger partial charge is 0.261 e. The molecule has 0 radical (unpaired) electrons. The van der Waals surface area contributed by atoms with Crippen LogP contribution in [0.25, 0.3) is 0 Å². The molecule has 0 N–H and O–H groups in total. The zero-order valence-corrected chi connectivity index (χ0v) is 12.7. The van der Waals surface area contributed by atoms with Crippen LogP contribution in [0.2, 0.25) is 0 Å². The van der Waals surface area contributed by atoms with Gasteiger partial charge in [-0.15, -0.1) is 0 Å². The Morgan fingerprint density at radius 2 is 1.90 bits per heavy atom. The molecule has 5 heteroatoms. The molecule has 0 atom stereocenters.